The molecule has 1 saturated heterocycles. The minimum atomic E-state index is -3.73. The van der Waals surface area contributed by atoms with Crippen molar-refractivity contribution >= 4 is 50.5 Å². The van der Waals surface area contributed by atoms with Gasteiger partial charge in [-0.05, 0) is 42.5 Å². The lowest BCUT2D eigenvalue weighted by Crippen LogP contribution is -2.43. The highest BCUT2D eigenvalue weighted by Crippen LogP contribution is 2.30. The van der Waals surface area contributed by atoms with Crippen LogP contribution in [-0.2, 0) is 21.4 Å². The van der Waals surface area contributed by atoms with Crippen LogP contribution in [0.15, 0.2) is 40.6 Å². The Hall–Kier alpha value is -1.12. The number of sulfonamides is 1. The summed E-state index contributed by atoms with van der Waals surface area (Å²) in [5.41, 5.74) is 0. The maximum Gasteiger partial charge on any atom is 0.244 e. The zero-order valence-corrected chi connectivity index (χ0v) is 17.9. The standard InChI is InChI=1S/C18H20Cl2N2O3S2/c1-21(12-15-3-2-10-26-15)18(23)13-6-8-22(9-7-13)27(24,25)17-11-14(19)4-5-16(17)20/h2-5,10-11,13H,6-9,12H2,1H3. The molecule has 1 fully saturated rings. The van der Waals surface area contributed by atoms with Crippen molar-refractivity contribution in [1.82, 2.24) is 9.21 Å². The molecule has 2 aromatic rings. The fraction of sp³-hybridized carbons (Fsp3) is 0.389. The van der Waals surface area contributed by atoms with Crippen molar-refractivity contribution < 1.29 is 13.2 Å². The summed E-state index contributed by atoms with van der Waals surface area (Å²) < 4.78 is 27.1. The number of rotatable bonds is 5. The van der Waals surface area contributed by atoms with Crippen molar-refractivity contribution in [3.8, 4) is 0 Å². The number of hydrogen-bond acceptors (Lipinski definition) is 4. The molecular formula is C18H20Cl2N2O3S2. The lowest BCUT2D eigenvalue weighted by atomic mass is 9.96. The highest BCUT2D eigenvalue weighted by Gasteiger charge is 2.34. The van der Waals surface area contributed by atoms with Gasteiger partial charge in [-0.2, -0.15) is 4.31 Å². The predicted molar refractivity (Wildman–Crippen MR) is 109 cm³/mol. The lowest BCUT2D eigenvalue weighted by molar-refractivity contribution is -0.135. The number of amides is 1. The summed E-state index contributed by atoms with van der Waals surface area (Å²) >= 11 is 13.6. The summed E-state index contributed by atoms with van der Waals surface area (Å²) in [7, 11) is -1.94. The van der Waals surface area contributed by atoms with Gasteiger partial charge in [-0.25, -0.2) is 8.42 Å². The van der Waals surface area contributed by atoms with Gasteiger partial charge < -0.3 is 4.90 Å². The van der Waals surface area contributed by atoms with Gasteiger partial charge in [0.1, 0.15) is 4.90 Å². The molecule has 0 spiro atoms. The molecule has 3 rings (SSSR count). The van der Waals surface area contributed by atoms with Gasteiger partial charge in [0.05, 0.1) is 11.6 Å². The van der Waals surface area contributed by atoms with Crippen molar-refractivity contribution in [3.05, 3.63) is 50.6 Å². The fourth-order valence-electron chi connectivity index (χ4n) is 3.18. The van der Waals surface area contributed by atoms with Crippen molar-refractivity contribution in [1.29, 1.82) is 0 Å². The first-order valence-electron chi connectivity index (χ1n) is 8.51. The molecule has 9 heteroatoms. The summed E-state index contributed by atoms with van der Waals surface area (Å²) in [6.07, 6.45) is 0.982. The molecule has 0 aliphatic carbocycles. The number of hydrogen-bond donors (Lipinski definition) is 0. The second kappa shape index (κ2) is 8.49. The molecule has 0 unspecified atom stereocenters. The van der Waals surface area contributed by atoms with Crippen molar-refractivity contribution in [2.24, 2.45) is 5.92 Å². The third-order valence-corrected chi connectivity index (χ3v) is 8.14. The summed E-state index contributed by atoms with van der Waals surface area (Å²) in [5.74, 6) is -0.113. The van der Waals surface area contributed by atoms with Gasteiger partial charge in [-0.1, -0.05) is 29.3 Å². The third kappa shape index (κ3) is 4.66. The van der Waals surface area contributed by atoms with Gasteiger partial charge in [0.25, 0.3) is 0 Å². The summed E-state index contributed by atoms with van der Waals surface area (Å²) in [6.45, 7) is 1.15. The number of piperidine rings is 1. The lowest BCUT2D eigenvalue weighted by Gasteiger charge is -2.32. The van der Waals surface area contributed by atoms with E-state index in [0.717, 1.165) is 4.88 Å². The van der Waals surface area contributed by atoms with E-state index in [2.05, 4.69) is 0 Å². The van der Waals surface area contributed by atoms with Crippen LogP contribution in [0.1, 0.15) is 17.7 Å². The normalized spacial score (nSPS) is 16.4. The fourth-order valence-corrected chi connectivity index (χ4v) is 6.15. The number of benzene rings is 1. The number of nitrogens with zero attached hydrogens (tertiary/aromatic N) is 2. The van der Waals surface area contributed by atoms with Gasteiger partial charge in [0.2, 0.25) is 15.9 Å². The second-order valence-electron chi connectivity index (χ2n) is 6.53. The van der Waals surface area contributed by atoms with Crippen LogP contribution >= 0.6 is 34.5 Å². The topological polar surface area (TPSA) is 57.7 Å². The van der Waals surface area contributed by atoms with E-state index in [4.69, 9.17) is 23.2 Å². The van der Waals surface area contributed by atoms with Gasteiger partial charge in [-0.3, -0.25) is 4.79 Å². The van der Waals surface area contributed by atoms with Crippen molar-refractivity contribution in [2.75, 3.05) is 20.1 Å². The first-order valence-corrected chi connectivity index (χ1v) is 11.6. The van der Waals surface area contributed by atoms with E-state index >= 15 is 0 Å². The van der Waals surface area contributed by atoms with Crippen LogP contribution in [0, 0.1) is 5.92 Å². The molecular weight excluding hydrogens is 427 g/mol. The van der Waals surface area contributed by atoms with E-state index in [9.17, 15) is 13.2 Å². The van der Waals surface area contributed by atoms with E-state index in [0.29, 0.717) is 24.4 Å². The second-order valence-corrected chi connectivity index (χ2v) is 10.3. The monoisotopic (exact) mass is 446 g/mol. The molecule has 2 heterocycles. The SMILES string of the molecule is CN(Cc1cccs1)C(=O)C1CCN(S(=O)(=O)c2cc(Cl)ccc2Cl)CC1. The highest BCUT2D eigenvalue weighted by atomic mass is 35.5. The first-order chi connectivity index (χ1) is 12.8. The zero-order chi connectivity index (χ0) is 19.6. The molecule has 1 aromatic carbocycles. The molecule has 27 heavy (non-hydrogen) atoms. The molecule has 0 radical (unpaired) electrons. The van der Waals surface area contributed by atoms with E-state index in [1.54, 1.807) is 29.4 Å². The van der Waals surface area contributed by atoms with E-state index in [1.807, 2.05) is 17.5 Å². The van der Waals surface area contributed by atoms with Gasteiger partial charge in [0.15, 0.2) is 0 Å². The number of thiophene rings is 1. The Morgan fingerprint density at radius 1 is 1.26 bits per heavy atom. The smallest absolute Gasteiger partial charge is 0.244 e. The van der Waals surface area contributed by atoms with E-state index in [-0.39, 0.29) is 34.8 Å². The Bertz CT molecular complexity index is 909. The number of halogens is 2. The maximum atomic E-state index is 12.9. The Balaban J connectivity index is 1.64. The molecule has 5 nitrogen and oxygen atoms in total. The minimum Gasteiger partial charge on any atom is -0.340 e. The molecule has 1 aliphatic rings. The summed E-state index contributed by atoms with van der Waals surface area (Å²) in [5, 5.41) is 2.45. The quantitative estimate of drug-likeness (QED) is 0.693. The van der Waals surface area contributed by atoms with E-state index < -0.39 is 10.0 Å². The highest BCUT2D eigenvalue weighted by molar-refractivity contribution is 7.89. The molecule has 1 aliphatic heterocycles. The van der Waals surface area contributed by atoms with Crippen molar-refractivity contribution in [2.45, 2.75) is 24.3 Å². The predicted octanol–water partition coefficient (Wildman–Crippen LogP) is 4.11. The molecule has 146 valence electrons. The molecule has 1 amide bonds. The number of carbonyl (C=O) groups is 1. The van der Waals surface area contributed by atoms with Gasteiger partial charge >= 0.3 is 0 Å². The van der Waals surface area contributed by atoms with Gasteiger partial charge in [-0.15, -0.1) is 11.3 Å². The van der Waals surface area contributed by atoms with Crippen LogP contribution in [-0.4, -0.2) is 43.7 Å². The largest absolute Gasteiger partial charge is 0.340 e. The molecule has 0 atom stereocenters. The third-order valence-electron chi connectivity index (χ3n) is 4.66. The zero-order valence-electron chi connectivity index (χ0n) is 14.8. The van der Waals surface area contributed by atoms with Crippen LogP contribution in [0.2, 0.25) is 10.0 Å². The van der Waals surface area contributed by atoms with E-state index in [1.165, 1.54) is 16.4 Å². The summed E-state index contributed by atoms with van der Waals surface area (Å²) in [6, 6.07) is 8.36. The molecule has 0 saturated carbocycles. The van der Waals surface area contributed by atoms with Crippen molar-refractivity contribution in [3.63, 3.8) is 0 Å². The summed E-state index contributed by atoms with van der Waals surface area (Å²) in [4.78, 5) is 15.5. The average molecular weight is 447 g/mol. The van der Waals surface area contributed by atoms with Crippen LogP contribution in [0.25, 0.3) is 0 Å². The van der Waals surface area contributed by atoms with Crippen LogP contribution in [0.3, 0.4) is 0 Å². The Morgan fingerprint density at radius 3 is 2.59 bits per heavy atom. The molecule has 1 aromatic heterocycles. The maximum absolute atomic E-state index is 12.9. The molecule has 0 N–H and O–H groups in total. The van der Waals surface area contributed by atoms with Crippen LogP contribution in [0.5, 0.6) is 0 Å². The number of carbonyl (C=O) groups excluding carboxylic acids is 1. The van der Waals surface area contributed by atoms with Crippen LogP contribution in [0.4, 0.5) is 0 Å². The minimum absolute atomic E-state index is 0.0104. The molecule has 0 bridgehead atoms. The first kappa shape index (κ1) is 20.6. The Morgan fingerprint density at radius 2 is 1.96 bits per heavy atom. The van der Waals surface area contributed by atoms with Crippen LogP contribution < -0.4 is 0 Å². The average Bonchev–Trinajstić information content (AvgIpc) is 3.16. The Labute approximate surface area is 173 Å². The Kier molecular flexibility index (Phi) is 6.48. The van der Waals surface area contributed by atoms with Gasteiger partial charge in [0, 0.05) is 36.0 Å².